The molecule has 108 valence electrons. The number of halogens is 2. The van der Waals surface area contributed by atoms with Crippen LogP contribution in [0.2, 0.25) is 5.02 Å². The van der Waals surface area contributed by atoms with Crippen LogP contribution < -0.4 is 0 Å². The van der Waals surface area contributed by atoms with Gasteiger partial charge in [-0.2, -0.15) is 0 Å². The molecule has 0 radical (unpaired) electrons. The minimum Gasteiger partial charge on any atom is -0.321 e. The van der Waals surface area contributed by atoms with Crippen molar-refractivity contribution in [1.29, 1.82) is 0 Å². The van der Waals surface area contributed by atoms with Gasteiger partial charge >= 0.3 is 0 Å². The summed E-state index contributed by atoms with van der Waals surface area (Å²) in [6.45, 7) is 4.61. The van der Waals surface area contributed by atoms with E-state index in [2.05, 4.69) is 27.5 Å². The number of aryl methyl sites for hydroxylation is 1. The first-order chi connectivity index (χ1) is 10.1. The van der Waals surface area contributed by atoms with Crippen molar-refractivity contribution in [1.82, 2.24) is 14.5 Å². The van der Waals surface area contributed by atoms with Gasteiger partial charge in [0.05, 0.1) is 28.6 Å². The zero-order chi connectivity index (χ0) is 15.0. The molecule has 1 unspecified atom stereocenters. The van der Waals surface area contributed by atoms with Crippen LogP contribution >= 0.6 is 23.2 Å². The fourth-order valence-electron chi connectivity index (χ4n) is 2.42. The second kappa shape index (κ2) is 5.66. The Balaban J connectivity index is 2.17. The number of pyridine rings is 1. The predicted molar refractivity (Wildman–Crippen MR) is 87.1 cm³/mol. The van der Waals surface area contributed by atoms with Gasteiger partial charge in [0, 0.05) is 11.2 Å². The van der Waals surface area contributed by atoms with E-state index in [4.69, 9.17) is 23.2 Å². The van der Waals surface area contributed by atoms with Crippen molar-refractivity contribution in [3.05, 3.63) is 58.6 Å². The number of rotatable bonds is 3. The van der Waals surface area contributed by atoms with Crippen molar-refractivity contribution in [2.24, 2.45) is 0 Å². The van der Waals surface area contributed by atoms with Gasteiger partial charge in [-0.15, -0.1) is 11.6 Å². The maximum absolute atomic E-state index is 6.29. The lowest BCUT2D eigenvalue weighted by atomic mass is 10.2. The van der Waals surface area contributed by atoms with Crippen molar-refractivity contribution in [3.63, 3.8) is 0 Å². The van der Waals surface area contributed by atoms with Crippen LogP contribution in [0.3, 0.4) is 0 Å². The molecule has 3 nitrogen and oxygen atoms in total. The van der Waals surface area contributed by atoms with E-state index in [9.17, 15) is 0 Å². The third kappa shape index (κ3) is 2.76. The molecule has 2 heterocycles. The van der Waals surface area contributed by atoms with Crippen LogP contribution in [0, 0.1) is 6.92 Å². The summed E-state index contributed by atoms with van der Waals surface area (Å²) in [4.78, 5) is 9.08. The molecular formula is C16H15Cl2N3. The number of aromatic nitrogens is 3. The first kappa shape index (κ1) is 14.4. The van der Waals surface area contributed by atoms with Crippen LogP contribution in [0.25, 0.3) is 11.0 Å². The van der Waals surface area contributed by atoms with E-state index in [-0.39, 0.29) is 5.38 Å². The SMILES string of the molecule is Cc1cccnc1Cn1c(C(C)Cl)nc2ccc(Cl)cc21. The minimum absolute atomic E-state index is 0.180. The Morgan fingerprint density at radius 2 is 2.10 bits per heavy atom. The maximum atomic E-state index is 6.29. The Bertz CT molecular complexity index is 793. The summed E-state index contributed by atoms with van der Waals surface area (Å²) in [5.41, 5.74) is 4.04. The molecule has 0 saturated carbocycles. The van der Waals surface area contributed by atoms with Gasteiger partial charge in [-0.25, -0.2) is 4.98 Å². The average molecular weight is 320 g/mol. The van der Waals surface area contributed by atoms with Crippen LogP contribution in [0.4, 0.5) is 0 Å². The molecule has 0 aliphatic heterocycles. The lowest BCUT2D eigenvalue weighted by Crippen LogP contribution is -2.08. The van der Waals surface area contributed by atoms with Gasteiger partial charge in [0.25, 0.3) is 0 Å². The number of fused-ring (bicyclic) bond motifs is 1. The Labute approximate surface area is 133 Å². The maximum Gasteiger partial charge on any atom is 0.128 e. The Kier molecular flexibility index (Phi) is 3.87. The van der Waals surface area contributed by atoms with Crippen molar-refractivity contribution in [3.8, 4) is 0 Å². The van der Waals surface area contributed by atoms with Gasteiger partial charge in [-0.05, 0) is 43.7 Å². The summed E-state index contributed by atoms with van der Waals surface area (Å²) in [7, 11) is 0. The molecule has 3 rings (SSSR count). The molecule has 0 spiro atoms. The van der Waals surface area contributed by atoms with Gasteiger partial charge in [0.1, 0.15) is 5.82 Å². The zero-order valence-electron chi connectivity index (χ0n) is 11.8. The molecule has 0 N–H and O–H groups in total. The van der Waals surface area contributed by atoms with E-state index in [0.29, 0.717) is 11.6 Å². The fourth-order valence-corrected chi connectivity index (χ4v) is 2.75. The van der Waals surface area contributed by atoms with Crippen LogP contribution in [0.1, 0.15) is 29.4 Å². The number of alkyl halides is 1. The number of benzene rings is 1. The highest BCUT2D eigenvalue weighted by molar-refractivity contribution is 6.31. The highest BCUT2D eigenvalue weighted by atomic mass is 35.5. The van der Waals surface area contributed by atoms with Crippen LogP contribution in [0.5, 0.6) is 0 Å². The average Bonchev–Trinajstić information content (AvgIpc) is 2.80. The van der Waals surface area contributed by atoms with Gasteiger partial charge in [0.15, 0.2) is 0 Å². The predicted octanol–water partition coefficient (Wildman–Crippen LogP) is 4.74. The minimum atomic E-state index is -0.180. The molecule has 0 aliphatic rings. The molecule has 1 aromatic carbocycles. The lowest BCUT2D eigenvalue weighted by molar-refractivity contribution is 0.723. The van der Waals surface area contributed by atoms with E-state index in [1.54, 1.807) is 6.20 Å². The monoisotopic (exact) mass is 319 g/mol. The molecule has 0 bridgehead atoms. The summed E-state index contributed by atoms with van der Waals surface area (Å²) in [6, 6.07) is 9.67. The fraction of sp³-hybridized carbons (Fsp3) is 0.250. The molecule has 0 aliphatic carbocycles. The molecule has 2 aromatic heterocycles. The molecular weight excluding hydrogens is 305 g/mol. The molecule has 21 heavy (non-hydrogen) atoms. The molecule has 0 amide bonds. The largest absolute Gasteiger partial charge is 0.321 e. The van der Waals surface area contributed by atoms with Gasteiger partial charge < -0.3 is 4.57 Å². The third-order valence-corrected chi connectivity index (χ3v) is 3.95. The van der Waals surface area contributed by atoms with Crippen molar-refractivity contribution < 1.29 is 0 Å². The topological polar surface area (TPSA) is 30.7 Å². The number of hydrogen-bond donors (Lipinski definition) is 0. The Morgan fingerprint density at radius 1 is 1.29 bits per heavy atom. The van der Waals surface area contributed by atoms with E-state index < -0.39 is 0 Å². The van der Waals surface area contributed by atoms with Crippen LogP contribution in [0.15, 0.2) is 36.5 Å². The second-order valence-electron chi connectivity index (χ2n) is 5.07. The van der Waals surface area contributed by atoms with E-state index >= 15 is 0 Å². The van der Waals surface area contributed by atoms with E-state index in [0.717, 1.165) is 28.1 Å². The lowest BCUT2D eigenvalue weighted by Gasteiger charge is -2.11. The zero-order valence-corrected chi connectivity index (χ0v) is 13.4. The van der Waals surface area contributed by atoms with Crippen molar-refractivity contribution >= 4 is 34.2 Å². The molecule has 0 fully saturated rings. The quantitative estimate of drug-likeness (QED) is 0.653. The van der Waals surface area contributed by atoms with Crippen LogP contribution in [-0.4, -0.2) is 14.5 Å². The van der Waals surface area contributed by atoms with E-state index in [1.807, 2.05) is 31.2 Å². The summed E-state index contributed by atoms with van der Waals surface area (Å²) in [6.07, 6.45) is 1.80. The number of nitrogens with zero attached hydrogens (tertiary/aromatic N) is 3. The molecule has 3 aromatic rings. The van der Waals surface area contributed by atoms with Gasteiger partial charge in [-0.1, -0.05) is 17.7 Å². The summed E-state index contributed by atoms with van der Waals surface area (Å²) >= 11 is 12.4. The third-order valence-electron chi connectivity index (χ3n) is 3.52. The summed E-state index contributed by atoms with van der Waals surface area (Å²) < 4.78 is 2.09. The molecule has 1 atom stereocenters. The van der Waals surface area contributed by atoms with Gasteiger partial charge in [0.2, 0.25) is 0 Å². The van der Waals surface area contributed by atoms with Gasteiger partial charge in [-0.3, -0.25) is 4.98 Å². The van der Waals surface area contributed by atoms with Crippen molar-refractivity contribution in [2.45, 2.75) is 25.8 Å². The highest BCUT2D eigenvalue weighted by Gasteiger charge is 2.16. The molecule has 0 saturated heterocycles. The summed E-state index contributed by atoms with van der Waals surface area (Å²) in [5, 5.41) is 0.510. The standard InChI is InChI=1S/C16H15Cl2N3/c1-10-4-3-7-19-14(10)9-21-15-8-12(18)5-6-13(15)20-16(21)11(2)17/h3-8,11H,9H2,1-2H3. The smallest absolute Gasteiger partial charge is 0.128 e. The van der Waals surface area contributed by atoms with Crippen molar-refractivity contribution in [2.75, 3.05) is 0 Å². The first-order valence-corrected chi connectivity index (χ1v) is 7.58. The molecule has 5 heteroatoms. The Morgan fingerprint density at radius 3 is 2.81 bits per heavy atom. The van der Waals surface area contributed by atoms with Crippen LogP contribution in [-0.2, 0) is 6.54 Å². The summed E-state index contributed by atoms with van der Waals surface area (Å²) in [5.74, 6) is 0.832. The number of hydrogen-bond acceptors (Lipinski definition) is 2. The normalized spacial score (nSPS) is 12.8. The highest BCUT2D eigenvalue weighted by Crippen LogP contribution is 2.27. The second-order valence-corrected chi connectivity index (χ2v) is 6.16. The Hall–Kier alpha value is -1.58. The number of imidazole rings is 1. The van der Waals surface area contributed by atoms with E-state index in [1.165, 1.54) is 0 Å². The first-order valence-electron chi connectivity index (χ1n) is 6.76.